The molecule has 0 saturated heterocycles. The van der Waals surface area contributed by atoms with Crippen LogP contribution in [-0.2, 0) is 11.3 Å². The second-order valence-electron chi connectivity index (χ2n) is 6.61. The molecule has 28 heavy (non-hydrogen) atoms. The van der Waals surface area contributed by atoms with Crippen LogP contribution in [-0.4, -0.2) is 29.2 Å². The van der Waals surface area contributed by atoms with E-state index in [2.05, 4.69) is 16.5 Å². The van der Waals surface area contributed by atoms with Crippen LogP contribution in [0.5, 0.6) is 11.5 Å². The van der Waals surface area contributed by atoms with Crippen LogP contribution >= 0.6 is 0 Å². The third kappa shape index (κ3) is 4.34. The summed E-state index contributed by atoms with van der Waals surface area (Å²) in [5, 5.41) is 2.94. The van der Waals surface area contributed by atoms with Crippen LogP contribution in [0.4, 0.5) is 0 Å². The van der Waals surface area contributed by atoms with E-state index < -0.39 is 0 Å². The molecule has 1 N–H and O–H groups in total. The van der Waals surface area contributed by atoms with Gasteiger partial charge in [0.25, 0.3) is 0 Å². The quantitative estimate of drug-likeness (QED) is 0.603. The Balaban J connectivity index is 1.80. The SMILES string of the molecule is C=C(C)C(=O)NC(C)c1nc2ccccc2n1CCOc1cccc(OC)c1. The summed E-state index contributed by atoms with van der Waals surface area (Å²) in [6, 6.07) is 15.2. The molecule has 0 aliphatic carbocycles. The van der Waals surface area contributed by atoms with Gasteiger partial charge in [0.2, 0.25) is 5.91 Å². The third-order valence-electron chi connectivity index (χ3n) is 4.43. The van der Waals surface area contributed by atoms with Crippen molar-refractivity contribution in [1.82, 2.24) is 14.9 Å². The van der Waals surface area contributed by atoms with Gasteiger partial charge in [-0.2, -0.15) is 0 Å². The molecule has 3 aromatic rings. The summed E-state index contributed by atoms with van der Waals surface area (Å²) in [6.07, 6.45) is 0. The van der Waals surface area contributed by atoms with Gasteiger partial charge in [-0.1, -0.05) is 24.8 Å². The maximum atomic E-state index is 12.0. The van der Waals surface area contributed by atoms with Gasteiger partial charge in [-0.25, -0.2) is 4.98 Å². The average molecular weight is 379 g/mol. The third-order valence-corrected chi connectivity index (χ3v) is 4.43. The number of amides is 1. The van der Waals surface area contributed by atoms with Crippen molar-refractivity contribution in [3.8, 4) is 11.5 Å². The fraction of sp³-hybridized carbons (Fsp3) is 0.273. The molecule has 0 aliphatic heterocycles. The summed E-state index contributed by atoms with van der Waals surface area (Å²) in [4.78, 5) is 16.7. The van der Waals surface area contributed by atoms with E-state index >= 15 is 0 Å². The molecule has 146 valence electrons. The van der Waals surface area contributed by atoms with E-state index in [1.807, 2.05) is 55.5 Å². The molecule has 6 nitrogen and oxygen atoms in total. The highest BCUT2D eigenvalue weighted by atomic mass is 16.5. The molecule has 0 radical (unpaired) electrons. The van der Waals surface area contributed by atoms with Crippen molar-refractivity contribution in [3.63, 3.8) is 0 Å². The Morgan fingerprint density at radius 1 is 1.21 bits per heavy atom. The van der Waals surface area contributed by atoms with Crippen LogP contribution < -0.4 is 14.8 Å². The Kier molecular flexibility index (Phi) is 5.99. The predicted octanol–water partition coefficient (Wildman–Crippen LogP) is 3.88. The largest absolute Gasteiger partial charge is 0.497 e. The van der Waals surface area contributed by atoms with Gasteiger partial charge in [0.15, 0.2) is 0 Å². The number of methoxy groups -OCH3 is 1. The number of hydrogen-bond acceptors (Lipinski definition) is 4. The summed E-state index contributed by atoms with van der Waals surface area (Å²) in [7, 11) is 1.63. The maximum absolute atomic E-state index is 12.0. The number of fused-ring (bicyclic) bond motifs is 1. The van der Waals surface area contributed by atoms with Crippen molar-refractivity contribution in [2.75, 3.05) is 13.7 Å². The smallest absolute Gasteiger partial charge is 0.246 e. The number of nitrogens with one attached hydrogen (secondary N) is 1. The summed E-state index contributed by atoms with van der Waals surface area (Å²) in [5.74, 6) is 2.10. The van der Waals surface area contributed by atoms with E-state index in [-0.39, 0.29) is 11.9 Å². The maximum Gasteiger partial charge on any atom is 0.246 e. The number of nitrogens with zero attached hydrogens (tertiary/aromatic N) is 2. The van der Waals surface area contributed by atoms with E-state index in [0.29, 0.717) is 18.7 Å². The molecule has 1 atom stereocenters. The van der Waals surface area contributed by atoms with E-state index in [0.717, 1.165) is 28.4 Å². The molecule has 1 unspecified atom stereocenters. The standard InChI is InChI=1S/C22H25N3O3/c1-15(2)22(26)23-16(3)21-24-19-10-5-6-11-20(19)25(21)12-13-28-18-9-7-8-17(14-18)27-4/h5-11,14,16H,1,12-13H2,2-4H3,(H,23,26). The fourth-order valence-electron chi connectivity index (χ4n) is 2.99. The molecule has 0 fully saturated rings. The molecular formula is C22H25N3O3. The Hall–Kier alpha value is -3.28. The minimum atomic E-state index is -0.256. The molecule has 0 bridgehead atoms. The lowest BCUT2D eigenvalue weighted by Crippen LogP contribution is -2.29. The van der Waals surface area contributed by atoms with E-state index in [9.17, 15) is 4.79 Å². The van der Waals surface area contributed by atoms with Crippen LogP contribution in [0.15, 0.2) is 60.7 Å². The van der Waals surface area contributed by atoms with Gasteiger partial charge in [-0.05, 0) is 38.1 Å². The summed E-state index contributed by atoms with van der Waals surface area (Å²) >= 11 is 0. The lowest BCUT2D eigenvalue weighted by atomic mass is 10.2. The van der Waals surface area contributed by atoms with Crippen molar-refractivity contribution >= 4 is 16.9 Å². The molecule has 1 aromatic heterocycles. The molecule has 0 aliphatic rings. The topological polar surface area (TPSA) is 65.4 Å². The van der Waals surface area contributed by atoms with Gasteiger partial charge < -0.3 is 19.4 Å². The lowest BCUT2D eigenvalue weighted by Gasteiger charge is -2.17. The Labute approximate surface area is 164 Å². The first kappa shape index (κ1) is 19.5. The molecule has 0 spiro atoms. The molecule has 1 amide bonds. The van der Waals surface area contributed by atoms with Crippen molar-refractivity contribution in [2.24, 2.45) is 0 Å². The van der Waals surface area contributed by atoms with Crippen molar-refractivity contribution in [3.05, 3.63) is 66.5 Å². The zero-order valence-electron chi connectivity index (χ0n) is 16.4. The van der Waals surface area contributed by atoms with Gasteiger partial charge in [0.05, 0.1) is 30.7 Å². The Bertz CT molecular complexity index is 994. The summed E-state index contributed by atoms with van der Waals surface area (Å²) in [5.41, 5.74) is 2.36. The molecule has 6 heteroatoms. The number of aromatic nitrogens is 2. The average Bonchev–Trinajstić information content (AvgIpc) is 3.07. The summed E-state index contributed by atoms with van der Waals surface area (Å²) < 4.78 is 13.2. The Morgan fingerprint density at radius 2 is 1.96 bits per heavy atom. The van der Waals surface area contributed by atoms with Crippen LogP contribution in [0.1, 0.15) is 25.7 Å². The van der Waals surface area contributed by atoms with Crippen LogP contribution in [0, 0.1) is 0 Å². The van der Waals surface area contributed by atoms with Crippen molar-refractivity contribution in [2.45, 2.75) is 26.4 Å². The van der Waals surface area contributed by atoms with Crippen molar-refractivity contribution < 1.29 is 14.3 Å². The van der Waals surface area contributed by atoms with Crippen molar-refractivity contribution in [1.29, 1.82) is 0 Å². The fourth-order valence-corrected chi connectivity index (χ4v) is 2.99. The van der Waals surface area contributed by atoms with E-state index in [1.165, 1.54) is 0 Å². The van der Waals surface area contributed by atoms with Crippen LogP contribution in [0.25, 0.3) is 11.0 Å². The number of para-hydroxylation sites is 2. The van der Waals surface area contributed by atoms with E-state index in [4.69, 9.17) is 14.5 Å². The highest BCUT2D eigenvalue weighted by molar-refractivity contribution is 5.92. The molecule has 3 rings (SSSR count). The number of imidazole rings is 1. The lowest BCUT2D eigenvalue weighted by molar-refractivity contribution is -0.118. The monoisotopic (exact) mass is 379 g/mol. The molecule has 0 saturated carbocycles. The second-order valence-corrected chi connectivity index (χ2v) is 6.61. The number of carbonyl (C=O) groups excluding carboxylic acids is 1. The summed E-state index contributed by atoms with van der Waals surface area (Å²) in [6.45, 7) is 8.36. The zero-order valence-corrected chi connectivity index (χ0v) is 16.4. The van der Waals surface area contributed by atoms with E-state index in [1.54, 1.807) is 14.0 Å². The zero-order chi connectivity index (χ0) is 20.1. The van der Waals surface area contributed by atoms with Gasteiger partial charge in [-0.3, -0.25) is 4.79 Å². The first-order valence-electron chi connectivity index (χ1n) is 9.18. The number of carbonyl (C=O) groups is 1. The predicted molar refractivity (Wildman–Crippen MR) is 110 cm³/mol. The molecular weight excluding hydrogens is 354 g/mol. The molecule has 1 heterocycles. The first-order valence-corrected chi connectivity index (χ1v) is 9.18. The van der Waals surface area contributed by atoms with Crippen LogP contribution in [0.3, 0.4) is 0 Å². The van der Waals surface area contributed by atoms with Gasteiger partial charge >= 0.3 is 0 Å². The minimum absolute atomic E-state index is 0.182. The highest BCUT2D eigenvalue weighted by Gasteiger charge is 2.18. The van der Waals surface area contributed by atoms with Crippen LogP contribution in [0.2, 0.25) is 0 Å². The number of rotatable bonds is 8. The van der Waals surface area contributed by atoms with Gasteiger partial charge in [0, 0.05) is 11.6 Å². The number of hydrogen-bond donors (Lipinski definition) is 1. The highest BCUT2D eigenvalue weighted by Crippen LogP contribution is 2.22. The number of ether oxygens (including phenoxy) is 2. The Morgan fingerprint density at radius 3 is 2.71 bits per heavy atom. The minimum Gasteiger partial charge on any atom is -0.497 e. The number of benzene rings is 2. The van der Waals surface area contributed by atoms with Gasteiger partial charge in [0.1, 0.15) is 23.9 Å². The second kappa shape index (κ2) is 8.61. The first-order chi connectivity index (χ1) is 13.5. The normalized spacial score (nSPS) is 11.8. The molecule has 2 aromatic carbocycles. The van der Waals surface area contributed by atoms with Gasteiger partial charge in [-0.15, -0.1) is 0 Å².